The van der Waals surface area contributed by atoms with Gasteiger partial charge in [-0.1, -0.05) is 32.9 Å². The molecule has 0 radical (unpaired) electrons. The Hall–Kier alpha value is -0.383. The van der Waals surface area contributed by atoms with Crippen molar-refractivity contribution in [3.05, 3.63) is 12.2 Å². The van der Waals surface area contributed by atoms with Crippen LogP contribution in [0, 0.1) is 0 Å². The molecule has 30 heavy (non-hydrogen) atoms. The SMILES string of the molecule is CSCC[C@@H]1COC(C)(C)N1C(=O)[C@@H]1O[C@H]1[C@@H]1O[C@H]1/C=C/CO[Si](C)(C)C(C)(C)C. The molecule has 3 rings (SSSR count). The topological polar surface area (TPSA) is 63.8 Å². The van der Waals surface area contributed by atoms with Crippen LogP contribution in [-0.2, 0) is 23.4 Å². The Morgan fingerprint density at radius 3 is 2.60 bits per heavy atom. The number of hydrogen-bond acceptors (Lipinski definition) is 6. The van der Waals surface area contributed by atoms with E-state index in [-0.39, 0.29) is 35.3 Å². The zero-order chi connectivity index (χ0) is 22.3. The highest BCUT2D eigenvalue weighted by Gasteiger charge is 2.62. The van der Waals surface area contributed by atoms with E-state index in [1.807, 2.05) is 30.9 Å². The Balaban J connectivity index is 1.46. The van der Waals surface area contributed by atoms with Gasteiger partial charge in [0, 0.05) is 0 Å². The fourth-order valence-electron chi connectivity index (χ4n) is 3.72. The van der Waals surface area contributed by atoms with Crippen molar-refractivity contribution in [2.45, 2.75) is 95.4 Å². The van der Waals surface area contributed by atoms with E-state index in [0.717, 1.165) is 12.2 Å². The normalized spacial score (nSPS) is 33.3. The van der Waals surface area contributed by atoms with Gasteiger partial charge in [-0.2, -0.15) is 11.8 Å². The molecule has 3 aliphatic heterocycles. The molecule has 6 nitrogen and oxygen atoms in total. The molecule has 0 spiro atoms. The molecular weight excluding hydrogens is 418 g/mol. The van der Waals surface area contributed by atoms with E-state index in [9.17, 15) is 4.79 Å². The summed E-state index contributed by atoms with van der Waals surface area (Å²) < 4.78 is 23.6. The van der Waals surface area contributed by atoms with Crippen LogP contribution in [-0.4, -0.2) is 80.5 Å². The molecule has 0 saturated carbocycles. The number of rotatable bonds is 9. The molecule has 0 N–H and O–H groups in total. The first kappa shape index (κ1) is 24.3. The summed E-state index contributed by atoms with van der Waals surface area (Å²) in [6, 6.07) is 0.119. The number of ether oxygens (including phenoxy) is 3. The van der Waals surface area contributed by atoms with Gasteiger partial charge in [0.05, 0.1) is 19.3 Å². The van der Waals surface area contributed by atoms with Crippen molar-refractivity contribution >= 4 is 26.0 Å². The molecule has 0 unspecified atom stereocenters. The first-order chi connectivity index (χ1) is 13.9. The molecule has 172 valence electrons. The number of nitrogens with zero attached hydrogens (tertiary/aromatic N) is 1. The van der Waals surface area contributed by atoms with Gasteiger partial charge in [-0.3, -0.25) is 4.79 Å². The first-order valence-corrected chi connectivity index (χ1v) is 15.3. The maximum Gasteiger partial charge on any atom is 0.257 e. The molecule has 8 heteroatoms. The van der Waals surface area contributed by atoms with Crippen molar-refractivity contribution in [1.29, 1.82) is 0 Å². The van der Waals surface area contributed by atoms with E-state index < -0.39 is 20.1 Å². The molecular formula is C22H39NO5SSi. The number of hydrogen-bond donors (Lipinski definition) is 0. The maximum absolute atomic E-state index is 13.1. The zero-order valence-electron chi connectivity index (χ0n) is 19.8. The lowest BCUT2D eigenvalue weighted by Crippen LogP contribution is -2.50. The summed E-state index contributed by atoms with van der Waals surface area (Å²) in [7, 11) is -1.73. The molecule has 0 aliphatic carbocycles. The minimum Gasteiger partial charge on any atom is -0.413 e. The zero-order valence-corrected chi connectivity index (χ0v) is 21.6. The summed E-state index contributed by atoms with van der Waals surface area (Å²) in [5.74, 6) is 1.05. The molecule has 5 atom stereocenters. The van der Waals surface area contributed by atoms with Crippen LogP contribution in [0.25, 0.3) is 0 Å². The maximum atomic E-state index is 13.1. The van der Waals surface area contributed by atoms with Gasteiger partial charge in [0.2, 0.25) is 0 Å². The first-order valence-electron chi connectivity index (χ1n) is 11.0. The van der Waals surface area contributed by atoms with Gasteiger partial charge in [-0.25, -0.2) is 0 Å². The van der Waals surface area contributed by atoms with E-state index >= 15 is 0 Å². The third-order valence-corrected chi connectivity index (χ3v) is 11.9. The number of thioether (sulfide) groups is 1. The van der Waals surface area contributed by atoms with Crippen LogP contribution in [0.15, 0.2) is 12.2 Å². The fraction of sp³-hybridized carbons (Fsp3) is 0.864. The van der Waals surface area contributed by atoms with E-state index in [4.69, 9.17) is 18.6 Å². The summed E-state index contributed by atoms with van der Waals surface area (Å²) in [4.78, 5) is 15.0. The second kappa shape index (κ2) is 8.87. The monoisotopic (exact) mass is 457 g/mol. The standard InChI is InChI=1S/C22H39NO5SSi/c1-21(2,3)30(7,8)26-12-9-10-16-17(27-16)18-19(28-18)20(24)23-15(11-13-29-6)14-25-22(23,4)5/h9-10,15-19H,11-14H2,1-8H3/b10-9+/t15-,16+,17-,18+,19-/m1/s1. The van der Waals surface area contributed by atoms with Gasteiger partial charge >= 0.3 is 0 Å². The minimum absolute atomic E-state index is 0.0194. The van der Waals surface area contributed by atoms with E-state index in [0.29, 0.717) is 13.2 Å². The molecule has 0 aromatic rings. The quantitative estimate of drug-likeness (QED) is 0.298. The average molecular weight is 458 g/mol. The van der Waals surface area contributed by atoms with E-state index in [1.54, 1.807) is 11.8 Å². The lowest BCUT2D eigenvalue weighted by atomic mass is 10.1. The number of carbonyl (C=O) groups excluding carboxylic acids is 1. The van der Waals surface area contributed by atoms with Gasteiger partial charge in [0.1, 0.15) is 24.0 Å². The summed E-state index contributed by atoms with van der Waals surface area (Å²) in [5.41, 5.74) is -0.582. The Labute approximate surface area is 187 Å². The number of carbonyl (C=O) groups is 1. The molecule has 0 bridgehead atoms. The highest BCUT2D eigenvalue weighted by molar-refractivity contribution is 7.98. The second-order valence-corrected chi connectivity index (χ2v) is 16.3. The van der Waals surface area contributed by atoms with Crippen LogP contribution in [0.1, 0.15) is 41.0 Å². The summed E-state index contributed by atoms with van der Waals surface area (Å²) in [6.07, 6.45) is 6.55. The van der Waals surface area contributed by atoms with Gasteiger partial charge in [-0.05, 0) is 50.4 Å². The lowest BCUT2D eigenvalue weighted by Gasteiger charge is -2.35. The van der Waals surface area contributed by atoms with Crippen molar-refractivity contribution in [3.63, 3.8) is 0 Å². The lowest BCUT2D eigenvalue weighted by molar-refractivity contribution is -0.147. The summed E-state index contributed by atoms with van der Waals surface area (Å²) in [6.45, 7) is 16.3. The van der Waals surface area contributed by atoms with Crippen LogP contribution >= 0.6 is 11.8 Å². The van der Waals surface area contributed by atoms with Crippen molar-refractivity contribution in [2.24, 2.45) is 0 Å². The van der Waals surface area contributed by atoms with Crippen LogP contribution in [0.4, 0.5) is 0 Å². The van der Waals surface area contributed by atoms with Crippen LogP contribution in [0.5, 0.6) is 0 Å². The number of amides is 1. The van der Waals surface area contributed by atoms with Gasteiger partial charge in [0.15, 0.2) is 14.4 Å². The molecule has 3 saturated heterocycles. The highest BCUT2D eigenvalue weighted by atomic mass is 32.2. The highest BCUT2D eigenvalue weighted by Crippen LogP contribution is 2.42. The summed E-state index contributed by atoms with van der Waals surface area (Å²) >= 11 is 1.79. The van der Waals surface area contributed by atoms with Gasteiger partial charge in [0.25, 0.3) is 5.91 Å². The van der Waals surface area contributed by atoms with Crippen LogP contribution < -0.4 is 0 Å². The Bertz CT molecular complexity index is 662. The van der Waals surface area contributed by atoms with Crippen LogP contribution in [0.2, 0.25) is 18.1 Å². The third kappa shape index (κ3) is 5.32. The van der Waals surface area contributed by atoms with Crippen LogP contribution in [0.3, 0.4) is 0 Å². The molecule has 3 heterocycles. The predicted molar refractivity (Wildman–Crippen MR) is 123 cm³/mol. The van der Waals surface area contributed by atoms with Crippen molar-refractivity contribution in [3.8, 4) is 0 Å². The average Bonchev–Trinajstić information content (AvgIpc) is 3.52. The smallest absolute Gasteiger partial charge is 0.257 e. The van der Waals surface area contributed by atoms with Crippen molar-refractivity contribution in [2.75, 3.05) is 25.2 Å². The second-order valence-electron chi connectivity index (χ2n) is 10.5. The Morgan fingerprint density at radius 1 is 1.27 bits per heavy atom. The van der Waals surface area contributed by atoms with Crippen molar-refractivity contribution in [1.82, 2.24) is 4.90 Å². The Morgan fingerprint density at radius 2 is 1.97 bits per heavy atom. The fourth-order valence-corrected chi connectivity index (χ4v) is 5.18. The van der Waals surface area contributed by atoms with Gasteiger partial charge < -0.3 is 23.5 Å². The minimum atomic E-state index is -1.73. The van der Waals surface area contributed by atoms with Crippen molar-refractivity contribution < 1.29 is 23.4 Å². The Kier molecular flexibility index (Phi) is 7.17. The molecule has 0 aromatic heterocycles. The van der Waals surface area contributed by atoms with E-state index in [1.165, 1.54) is 0 Å². The third-order valence-electron chi connectivity index (χ3n) is 6.79. The largest absolute Gasteiger partial charge is 0.413 e. The van der Waals surface area contributed by atoms with Gasteiger partial charge in [-0.15, -0.1) is 0 Å². The molecule has 3 aliphatic rings. The molecule has 1 amide bonds. The number of epoxide rings is 2. The molecule has 0 aromatic carbocycles. The predicted octanol–water partition coefficient (Wildman–Crippen LogP) is 3.82. The summed E-state index contributed by atoms with van der Waals surface area (Å²) in [5, 5.41) is 0.204. The molecule has 3 fully saturated rings. The van der Waals surface area contributed by atoms with E-state index in [2.05, 4.69) is 40.1 Å².